The molecule has 1 unspecified atom stereocenters. The molecule has 0 bridgehead atoms. The number of nitrogens with one attached hydrogen (secondary N) is 5. The lowest BCUT2D eigenvalue weighted by molar-refractivity contribution is -0.138. The topological polar surface area (TPSA) is 201 Å². The monoisotopic (exact) mass is 938 g/mol. The minimum atomic E-state index is -4.45. The van der Waals surface area contributed by atoms with E-state index in [1.807, 2.05) is 0 Å². The molecule has 5 N–H and O–H groups in total. The van der Waals surface area contributed by atoms with E-state index in [4.69, 9.17) is 9.47 Å². The summed E-state index contributed by atoms with van der Waals surface area (Å²) in [4.78, 5) is 44.9. The third-order valence-electron chi connectivity index (χ3n) is 10.7. The van der Waals surface area contributed by atoms with Crippen LogP contribution in [0.25, 0.3) is 22.8 Å². The molecule has 0 saturated carbocycles. The fourth-order valence-corrected chi connectivity index (χ4v) is 7.74. The molecular weight excluding hydrogens is 894 g/mol. The van der Waals surface area contributed by atoms with Crippen molar-refractivity contribution >= 4 is 44.3 Å². The molecule has 348 valence electrons. The first-order valence-corrected chi connectivity index (χ1v) is 21.5. The number of hydrogen-bond donors (Lipinski definition) is 5. The van der Waals surface area contributed by atoms with Crippen LogP contribution >= 0.6 is 9.24 Å². The van der Waals surface area contributed by atoms with E-state index in [-0.39, 0.29) is 35.1 Å². The average Bonchev–Trinajstić information content (AvgIpc) is 3.81. The Morgan fingerprint density at radius 1 is 0.712 bits per heavy atom. The van der Waals surface area contributed by atoms with Crippen LogP contribution in [-0.2, 0) is 47.5 Å². The standard InChI is InChI=1S/C22H24F3N6O2P.C21H21F3N6O2/c1-33-9-8-31(12-34)20(32)19-16-7-2-4-13-11-26-21(28-17(13)18(16)29-30-19)27-15-6-3-5-14(10-15)22(23,24)25;1-32-9-8-25-19(31)18-15-7-2-4-12-11-26-20(28-16(12)17(15)29-30-18)27-14-6-3-5-13(10-14)21(22,23)24/h3,5-6,10-11H,2,4,7-9,12,34H2,1H3,(H,29,30)(H,26,27,28);3,5-6,10-11H,2,4,7-9H2,1H3,(H,25,31)(H,29,30)(H,26,27,28). The van der Waals surface area contributed by atoms with Crippen molar-refractivity contribution in [1.82, 2.24) is 50.5 Å². The van der Waals surface area contributed by atoms with Gasteiger partial charge >= 0.3 is 12.4 Å². The van der Waals surface area contributed by atoms with Crippen LogP contribution in [0.15, 0.2) is 60.9 Å². The van der Waals surface area contributed by atoms with E-state index >= 15 is 0 Å². The maximum Gasteiger partial charge on any atom is 0.416 e. The summed E-state index contributed by atoms with van der Waals surface area (Å²) in [5.74, 6) is -0.172. The van der Waals surface area contributed by atoms with E-state index in [1.54, 1.807) is 31.5 Å². The Labute approximate surface area is 376 Å². The van der Waals surface area contributed by atoms with Gasteiger partial charge in [0.2, 0.25) is 11.9 Å². The van der Waals surface area contributed by atoms with Crippen LogP contribution in [0.2, 0.25) is 0 Å². The number of carbonyl (C=O) groups is 2. The van der Waals surface area contributed by atoms with Gasteiger partial charge in [-0.3, -0.25) is 19.8 Å². The minimum absolute atomic E-state index is 0.144. The van der Waals surface area contributed by atoms with Gasteiger partial charge < -0.3 is 30.3 Å². The second-order valence-electron chi connectivity index (χ2n) is 15.1. The van der Waals surface area contributed by atoms with Crippen molar-refractivity contribution in [2.24, 2.45) is 0 Å². The quantitative estimate of drug-likeness (QED) is 0.0434. The van der Waals surface area contributed by atoms with E-state index < -0.39 is 23.5 Å². The van der Waals surface area contributed by atoms with E-state index in [9.17, 15) is 35.9 Å². The Morgan fingerprint density at radius 3 is 1.70 bits per heavy atom. The number of aromatic amines is 2. The number of aromatic nitrogens is 8. The molecule has 0 saturated heterocycles. The van der Waals surface area contributed by atoms with Gasteiger partial charge in [-0.1, -0.05) is 12.1 Å². The number of anilines is 4. The van der Waals surface area contributed by atoms with Gasteiger partial charge in [0.05, 0.1) is 35.7 Å². The zero-order valence-corrected chi connectivity index (χ0v) is 36.8. The highest BCUT2D eigenvalue weighted by Crippen LogP contribution is 2.36. The molecule has 8 rings (SSSR count). The molecule has 16 nitrogen and oxygen atoms in total. The molecule has 2 aromatic carbocycles. The highest BCUT2D eigenvalue weighted by atomic mass is 31.0. The molecule has 66 heavy (non-hydrogen) atoms. The number of methoxy groups -OCH3 is 2. The molecule has 4 heterocycles. The Bertz CT molecular complexity index is 2670. The summed E-state index contributed by atoms with van der Waals surface area (Å²) in [5.41, 5.74) is 5.13. The van der Waals surface area contributed by atoms with Gasteiger partial charge in [-0.05, 0) is 86.1 Å². The molecule has 0 radical (unpaired) electrons. The largest absolute Gasteiger partial charge is 0.416 e. The van der Waals surface area contributed by atoms with Crippen LogP contribution in [-0.4, -0.2) is 104 Å². The first kappa shape index (κ1) is 47.5. The van der Waals surface area contributed by atoms with Gasteiger partial charge in [-0.25, -0.2) is 19.9 Å². The fourth-order valence-electron chi connectivity index (χ4n) is 7.39. The van der Waals surface area contributed by atoms with Gasteiger partial charge in [0.15, 0.2) is 0 Å². The third-order valence-corrected chi connectivity index (χ3v) is 11.1. The predicted octanol–water partition coefficient (Wildman–Crippen LogP) is 7.53. The van der Waals surface area contributed by atoms with E-state index in [2.05, 4.69) is 65.5 Å². The number of aryl methyl sites for hydroxylation is 2. The zero-order chi connectivity index (χ0) is 47.0. The molecule has 23 heteroatoms. The molecule has 0 aliphatic heterocycles. The summed E-state index contributed by atoms with van der Waals surface area (Å²) in [6, 6.07) is 9.65. The van der Waals surface area contributed by atoms with Gasteiger partial charge in [-0.15, -0.1) is 9.24 Å². The maximum absolute atomic E-state index is 13.1. The lowest BCUT2D eigenvalue weighted by Crippen LogP contribution is -2.33. The van der Waals surface area contributed by atoms with Gasteiger partial charge in [0, 0.05) is 68.5 Å². The summed E-state index contributed by atoms with van der Waals surface area (Å²) in [5, 5.41) is 22.8. The lowest BCUT2D eigenvalue weighted by Gasteiger charge is -2.20. The molecule has 0 fully saturated rings. The van der Waals surface area contributed by atoms with Crippen LogP contribution in [0, 0.1) is 0 Å². The number of carbonyl (C=O) groups excluding carboxylic acids is 2. The van der Waals surface area contributed by atoms with E-state index in [1.165, 1.54) is 24.3 Å². The zero-order valence-electron chi connectivity index (χ0n) is 35.7. The van der Waals surface area contributed by atoms with Gasteiger partial charge in [0.25, 0.3) is 11.8 Å². The number of alkyl halides is 6. The summed E-state index contributed by atoms with van der Waals surface area (Å²) in [6.45, 7) is 1.61. The molecular formula is C43H45F6N12O4P. The van der Waals surface area contributed by atoms with Crippen molar-refractivity contribution in [3.63, 3.8) is 0 Å². The molecule has 1 atom stereocenters. The second-order valence-corrected chi connectivity index (χ2v) is 15.5. The molecule has 2 aliphatic carbocycles. The number of benzene rings is 2. The van der Waals surface area contributed by atoms with Crippen LogP contribution in [0.1, 0.15) is 67.2 Å². The van der Waals surface area contributed by atoms with Gasteiger partial charge in [0.1, 0.15) is 22.8 Å². The Morgan fingerprint density at radius 2 is 1.21 bits per heavy atom. The first-order chi connectivity index (χ1) is 31.7. The number of rotatable bonds is 13. The summed E-state index contributed by atoms with van der Waals surface area (Å²) in [7, 11) is 5.67. The van der Waals surface area contributed by atoms with Crippen molar-refractivity contribution < 1.29 is 45.4 Å². The number of fused-ring (bicyclic) bond motifs is 6. The van der Waals surface area contributed by atoms with Crippen molar-refractivity contribution in [1.29, 1.82) is 0 Å². The smallest absolute Gasteiger partial charge is 0.383 e. The molecule has 2 amide bonds. The highest BCUT2D eigenvalue weighted by molar-refractivity contribution is 7.16. The number of hydrogen-bond acceptors (Lipinski definition) is 12. The maximum atomic E-state index is 13.1. The SMILES string of the molecule is COCCN(CP)C(=O)c1[nH]nc2c1CCCc1cnc(Nc3cccc(C(F)(F)F)c3)nc1-2.COCCNC(=O)c1[nH]nc2c1CCCc1cnc(Nc3cccc(C(F)(F)F)c3)nc1-2. The summed E-state index contributed by atoms with van der Waals surface area (Å²) in [6.07, 6.45) is -0.952. The number of ether oxygens (including phenoxy) is 2. The number of nitrogens with zero attached hydrogens (tertiary/aromatic N) is 7. The predicted molar refractivity (Wildman–Crippen MR) is 234 cm³/mol. The van der Waals surface area contributed by atoms with Crippen molar-refractivity contribution in [2.45, 2.75) is 50.9 Å². The number of H-pyrrole nitrogens is 2. The fraction of sp³-hybridized carbons (Fsp3) is 0.349. The van der Waals surface area contributed by atoms with Crippen LogP contribution in [0.3, 0.4) is 0 Å². The molecule has 0 spiro atoms. The normalized spacial score (nSPS) is 13.1. The van der Waals surface area contributed by atoms with E-state index in [0.29, 0.717) is 92.4 Å². The number of amides is 2. The Hall–Kier alpha value is -6.51. The van der Waals surface area contributed by atoms with Gasteiger partial charge in [-0.2, -0.15) is 36.5 Å². The van der Waals surface area contributed by atoms with Crippen molar-refractivity contribution in [3.05, 3.63) is 106 Å². The second kappa shape index (κ2) is 20.8. The summed E-state index contributed by atoms with van der Waals surface area (Å²) < 4.78 is 88.2. The van der Waals surface area contributed by atoms with Crippen LogP contribution in [0.5, 0.6) is 0 Å². The lowest BCUT2D eigenvalue weighted by atomic mass is 10.1. The summed E-state index contributed by atoms with van der Waals surface area (Å²) >= 11 is 0. The van der Waals surface area contributed by atoms with Crippen LogP contribution < -0.4 is 16.0 Å². The Balaban J connectivity index is 0.000000197. The Kier molecular flexibility index (Phi) is 14.9. The molecule has 6 aromatic rings. The van der Waals surface area contributed by atoms with Crippen LogP contribution in [0.4, 0.5) is 49.6 Å². The van der Waals surface area contributed by atoms with Crippen molar-refractivity contribution in [2.75, 3.05) is 57.4 Å². The first-order valence-electron chi connectivity index (χ1n) is 20.7. The van der Waals surface area contributed by atoms with E-state index in [0.717, 1.165) is 59.4 Å². The molecule has 4 aromatic heterocycles. The third kappa shape index (κ3) is 11.1. The number of halogens is 6. The minimum Gasteiger partial charge on any atom is -0.383 e. The van der Waals surface area contributed by atoms with Crippen molar-refractivity contribution in [3.8, 4) is 22.8 Å². The average molecular weight is 939 g/mol. The molecule has 2 aliphatic rings. The highest BCUT2D eigenvalue weighted by Gasteiger charge is 2.32.